The van der Waals surface area contributed by atoms with Crippen LogP contribution in [0.15, 0.2) is 18.2 Å². The van der Waals surface area contributed by atoms with E-state index in [-0.39, 0.29) is 18.3 Å². The molecule has 1 N–H and O–H groups in total. The Kier molecular flexibility index (Phi) is 3.94. The first-order valence-corrected chi connectivity index (χ1v) is 9.32. The molecule has 3 aliphatic rings. The molecule has 0 bridgehead atoms. The maximum Gasteiger partial charge on any atom is 0.496 e. The van der Waals surface area contributed by atoms with Gasteiger partial charge in [-0.2, -0.15) is 0 Å². The van der Waals surface area contributed by atoms with Crippen molar-refractivity contribution in [3.05, 3.63) is 23.8 Å². The lowest BCUT2D eigenvalue weighted by Gasteiger charge is -2.32. The molecule has 4 rings (SSSR count). The summed E-state index contributed by atoms with van der Waals surface area (Å²) in [6.07, 6.45) is 2.63. The van der Waals surface area contributed by atoms with Crippen LogP contribution >= 0.6 is 0 Å². The van der Waals surface area contributed by atoms with Crippen molar-refractivity contribution in [3.63, 3.8) is 0 Å². The first-order chi connectivity index (χ1) is 11.4. The molecule has 0 aromatic heterocycles. The van der Waals surface area contributed by atoms with Crippen molar-refractivity contribution in [2.24, 2.45) is 0 Å². The molecule has 0 unspecified atom stereocenters. The predicted molar refractivity (Wildman–Crippen MR) is 99.2 cm³/mol. The third-order valence-electron chi connectivity index (χ3n) is 6.07. The highest BCUT2D eigenvalue weighted by molar-refractivity contribution is 6.64. The van der Waals surface area contributed by atoms with Crippen LogP contribution in [0.4, 0.5) is 5.69 Å². The van der Waals surface area contributed by atoms with Gasteiger partial charge in [-0.05, 0) is 58.1 Å². The summed E-state index contributed by atoms with van der Waals surface area (Å²) >= 11 is 0. The van der Waals surface area contributed by atoms with Gasteiger partial charge >= 0.3 is 7.12 Å². The van der Waals surface area contributed by atoms with E-state index in [0.29, 0.717) is 0 Å². The molecule has 2 aliphatic heterocycles. The van der Waals surface area contributed by atoms with Gasteiger partial charge in [0.15, 0.2) is 0 Å². The Balaban J connectivity index is 1.70. The summed E-state index contributed by atoms with van der Waals surface area (Å²) in [7, 11) is -0.279. The lowest BCUT2D eigenvalue weighted by atomic mass is 9.76. The molecule has 2 heterocycles. The number of anilines is 1. The summed E-state index contributed by atoms with van der Waals surface area (Å²) in [5.41, 5.74) is 3.33. The second kappa shape index (κ2) is 5.75. The zero-order valence-electron chi connectivity index (χ0n) is 15.4. The van der Waals surface area contributed by atoms with Crippen LogP contribution in [0.1, 0.15) is 52.0 Å². The molecule has 130 valence electrons. The van der Waals surface area contributed by atoms with E-state index in [1.54, 1.807) is 0 Å². The first-order valence-electron chi connectivity index (χ1n) is 9.32. The van der Waals surface area contributed by atoms with E-state index < -0.39 is 0 Å². The van der Waals surface area contributed by atoms with Crippen LogP contribution in [0.2, 0.25) is 0 Å². The third-order valence-corrected chi connectivity index (χ3v) is 6.07. The van der Waals surface area contributed by atoms with Crippen LogP contribution in [0.25, 0.3) is 0 Å². The molecule has 3 fully saturated rings. The van der Waals surface area contributed by atoms with Crippen LogP contribution in [-0.2, 0) is 9.31 Å². The Bertz CT molecular complexity index is 606. The SMILES string of the molecule is CC1(C)OB(c2cc(C3CC3)ccc2N2CCNCC2)OC1(C)C. The molecule has 0 atom stereocenters. The molecule has 0 amide bonds. The summed E-state index contributed by atoms with van der Waals surface area (Å²) in [5, 5.41) is 3.44. The lowest BCUT2D eigenvalue weighted by molar-refractivity contribution is 0.00578. The first kappa shape index (κ1) is 16.4. The Hall–Kier alpha value is -1.04. The van der Waals surface area contributed by atoms with Crippen molar-refractivity contribution in [2.45, 2.75) is 57.7 Å². The monoisotopic (exact) mass is 328 g/mol. The molecule has 1 aromatic rings. The maximum atomic E-state index is 6.37. The fraction of sp³-hybridized carbons (Fsp3) is 0.684. The number of rotatable bonds is 3. The highest BCUT2D eigenvalue weighted by Crippen LogP contribution is 2.41. The van der Waals surface area contributed by atoms with Gasteiger partial charge in [0.2, 0.25) is 0 Å². The van der Waals surface area contributed by atoms with Gasteiger partial charge in [0.05, 0.1) is 11.2 Å². The maximum absolute atomic E-state index is 6.37. The van der Waals surface area contributed by atoms with Crippen molar-refractivity contribution in [2.75, 3.05) is 31.1 Å². The molecule has 0 spiro atoms. The van der Waals surface area contributed by atoms with Crippen LogP contribution < -0.4 is 15.7 Å². The molecule has 1 aromatic carbocycles. The fourth-order valence-corrected chi connectivity index (χ4v) is 3.60. The number of benzene rings is 1. The number of nitrogens with zero attached hydrogens (tertiary/aromatic N) is 1. The second-order valence-corrected chi connectivity index (χ2v) is 8.42. The van der Waals surface area contributed by atoms with Gasteiger partial charge in [0, 0.05) is 37.3 Å². The van der Waals surface area contributed by atoms with E-state index in [1.807, 2.05) is 0 Å². The Morgan fingerprint density at radius 2 is 1.67 bits per heavy atom. The average Bonchev–Trinajstić information content (AvgIpc) is 3.36. The quantitative estimate of drug-likeness (QED) is 0.863. The van der Waals surface area contributed by atoms with Gasteiger partial charge < -0.3 is 19.5 Å². The second-order valence-electron chi connectivity index (χ2n) is 8.42. The Labute approximate surface area is 146 Å². The molecular weight excluding hydrogens is 299 g/mol. The molecule has 24 heavy (non-hydrogen) atoms. The minimum atomic E-state index is -0.298. The van der Waals surface area contributed by atoms with Crippen molar-refractivity contribution < 1.29 is 9.31 Å². The lowest BCUT2D eigenvalue weighted by Crippen LogP contribution is -2.47. The topological polar surface area (TPSA) is 33.7 Å². The van der Waals surface area contributed by atoms with E-state index in [0.717, 1.165) is 32.1 Å². The van der Waals surface area contributed by atoms with Gasteiger partial charge in [-0.3, -0.25) is 0 Å². The van der Waals surface area contributed by atoms with Crippen molar-refractivity contribution in [1.29, 1.82) is 0 Å². The van der Waals surface area contributed by atoms with Gasteiger partial charge in [-0.1, -0.05) is 12.1 Å². The molecular formula is C19H29BN2O2. The highest BCUT2D eigenvalue weighted by Gasteiger charge is 2.52. The number of hydrogen-bond donors (Lipinski definition) is 1. The van der Waals surface area contributed by atoms with Gasteiger partial charge in [0.1, 0.15) is 0 Å². The summed E-state index contributed by atoms with van der Waals surface area (Å²) in [6.45, 7) is 12.7. The van der Waals surface area contributed by atoms with E-state index in [2.05, 4.69) is 56.1 Å². The van der Waals surface area contributed by atoms with Crippen LogP contribution in [0, 0.1) is 0 Å². The molecule has 1 saturated carbocycles. The molecule has 4 nitrogen and oxygen atoms in total. The zero-order chi connectivity index (χ0) is 16.9. The van der Waals surface area contributed by atoms with Crippen LogP contribution in [-0.4, -0.2) is 44.5 Å². The Morgan fingerprint density at radius 1 is 1.04 bits per heavy atom. The zero-order valence-corrected chi connectivity index (χ0v) is 15.4. The van der Waals surface area contributed by atoms with Gasteiger partial charge in [-0.15, -0.1) is 0 Å². The standard InChI is InChI=1S/C19H29BN2O2/c1-18(2)19(3,4)24-20(23-18)16-13-15(14-5-6-14)7-8-17(16)22-11-9-21-10-12-22/h7-8,13-14,21H,5-6,9-12H2,1-4H3. The van der Waals surface area contributed by atoms with Crippen molar-refractivity contribution >= 4 is 18.3 Å². The molecule has 0 radical (unpaired) electrons. The average molecular weight is 328 g/mol. The van der Waals surface area contributed by atoms with Crippen molar-refractivity contribution in [1.82, 2.24) is 5.32 Å². The minimum Gasteiger partial charge on any atom is -0.399 e. The fourth-order valence-electron chi connectivity index (χ4n) is 3.60. The summed E-state index contributed by atoms with van der Waals surface area (Å²) < 4.78 is 12.7. The molecule has 1 aliphatic carbocycles. The summed E-state index contributed by atoms with van der Waals surface area (Å²) in [4.78, 5) is 2.47. The normalized spacial score (nSPS) is 26.0. The summed E-state index contributed by atoms with van der Waals surface area (Å²) in [6, 6.07) is 6.94. The number of nitrogens with one attached hydrogen (secondary N) is 1. The van der Waals surface area contributed by atoms with Gasteiger partial charge in [-0.25, -0.2) is 0 Å². The number of hydrogen-bond acceptors (Lipinski definition) is 4. The Morgan fingerprint density at radius 3 is 2.25 bits per heavy atom. The van der Waals surface area contributed by atoms with Gasteiger partial charge in [0.25, 0.3) is 0 Å². The molecule has 2 saturated heterocycles. The van der Waals surface area contributed by atoms with Crippen LogP contribution in [0.3, 0.4) is 0 Å². The van der Waals surface area contributed by atoms with E-state index in [9.17, 15) is 0 Å². The largest absolute Gasteiger partial charge is 0.496 e. The smallest absolute Gasteiger partial charge is 0.399 e. The predicted octanol–water partition coefficient (Wildman–Crippen LogP) is 2.27. The van der Waals surface area contributed by atoms with E-state index in [1.165, 1.54) is 29.6 Å². The number of piperazine rings is 1. The molecule has 5 heteroatoms. The minimum absolute atomic E-state index is 0.279. The van der Waals surface area contributed by atoms with E-state index >= 15 is 0 Å². The van der Waals surface area contributed by atoms with Crippen molar-refractivity contribution in [3.8, 4) is 0 Å². The van der Waals surface area contributed by atoms with Crippen LogP contribution in [0.5, 0.6) is 0 Å². The third kappa shape index (κ3) is 2.87. The van der Waals surface area contributed by atoms with E-state index in [4.69, 9.17) is 9.31 Å². The summed E-state index contributed by atoms with van der Waals surface area (Å²) in [5.74, 6) is 0.739. The highest BCUT2D eigenvalue weighted by atomic mass is 16.7.